The lowest BCUT2D eigenvalue weighted by Gasteiger charge is -2.34. The summed E-state index contributed by atoms with van der Waals surface area (Å²) in [5, 5.41) is 0. The van der Waals surface area contributed by atoms with Gasteiger partial charge in [0.2, 0.25) is 0 Å². The molecular weight excluding hydrogens is 388 g/mol. The van der Waals surface area contributed by atoms with Gasteiger partial charge >= 0.3 is 11.9 Å². The first-order valence-electron chi connectivity index (χ1n) is 11.1. The van der Waals surface area contributed by atoms with Crippen molar-refractivity contribution in [2.45, 2.75) is 71.8 Å². The van der Waals surface area contributed by atoms with Crippen LogP contribution in [-0.4, -0.2) is 24.1 Å². The fraction of sp³-hybridized carbons (Fsp3) is 0.481. The van der Waals surface area contributed by atoms with Gasteiger partial charge in [-0.05, 0) is 56.1 Å². The van der Waals surface area contributed by atoms with Gasteiger partial charge in [0, 0.05) is 12.8 Å². The fourth-order valence-corrected chi connectivity index (χ4v) is 3.93. The first-order valence-corrected chi connectivity index (χ1v) is 11.1. The van der Waals surface area contributed by atoms with E-state index in [1.807, 2.05) is 74.5 Å². The van der Waals surface area contributed by atoms with Crippen LogP contribution in [0.1, 0.15) is 64.5 Å². The summed E-state index contributed by atoms with van der Waals surface area (Å²) in [6.07, 6.45) is 3.53. The van der Waals surface area contributed by atoms with Crippen molar-refractivity contribution in [1.82, 2.24) is 0 Å². The van der Waals surface area contributed by atoms with Gasteiger partial charge in [-0.1, -0.05) is 74.5 Å². The average Bonchev–Trinajstić information content (AvgIpc) is 2.71. The van der Waals surface area contributed by atoms with E-state index in [0.717, 1.165) is 17.5 Å². The second kappa shape index (κ2) is 11.7. The molecule has 2 aromatic rings. The van der Waals surface area contributed by atoms with Gasteiger partial charge in [-0.15, -0.1) is 0 Å². The minimum absolute atomic E-state index is 0.122. The van der Waals surface area contributed by atoms with E-state index in [1.54, 1.807) is 0 Å². The van der Waals surface area contributed by atoms with Crippen LogP contribution >= 0.6 is 0 Å². The monoisotopic (exact) mass is 424 g/mol. The highest BCUT2D eigenvalue weighted by molar-refractivity contribution is 5.70. The highest BCUT2D eigenvalue weighted by Crippen LogP contribution is 2.33. The van der Waals surface area contributed by atoms with Crippen LogP contribution in [0.15, 0.2) is 60.7 Å². The number of hydrogen-bond donors (Lipinski definition) is 0. The number of benzene rings is 2. The Morgan fingerprint density at radius 2 is 1.23 bits per heavy atom. The largest absolute Gasteiger partial charge is 0.466 e. The van der Waals surface area contributed by atoms with Crippen LogP contribution in [0.5, 0.6) is 0 Å². The van der Waals surface area contributed by atoms with E-state index in [2.05, 4.69) is 13.8 Å². The van der Waals surface area contributed by atoms with Crippen molar-refractivity contribution < 1.29 is 19.1 Å². The van der Waals surface area contributed by atoms with E-state index in [9.17, 15) is 9.59 Å². The lowest BCUT2D eigenvalue weighted by Crippen LogP contribution is -2.34. The SMILES string of the molecule is CC(C)(CCOC(=O)CCc1ccccc1)CC(C)(C)OC(=O)CCc1ccccc1. The van der Waals surface area contributed by atoms with Gasteiger partial charge < -0.3 is 9.47 Å². The molecule has 0 aliphatic rings. The summed E-state index contributed by atoms with van der Waals surface area (Å²) >= 11 is 0. The van der Waals surface area contributed by atoms with Gasteiger partial charge in [0.1, 0.15) is 5.60 Å². The maximum absolute atomic E-state index is 12.3. The van der Waals surface area contributed by atoms with E-state index in [4.69, 9.17) is 9.47 Å². The Morgan fingerprint density at radius 3 is 1.74 bits per heavy atom. The summed E-state index contributed by atoms with van der Waals surface area (Å²) in [7, 11) is 0. The Morgan fingerprint density at radius 1 is 0.742 bits per heavy atom. The molecule has 0 aliphatic carbocycles. The minimum Gasteiger partial charge on any atom is -0.466 e. The molecule has 0 radical (unpaired) electrons. The van der Waals surface area contributed by atoms with Crippen LogP contribution in [0.25, 0.3) is 0 Å². The van der Waals surface area contributed by atoms with Crippen molar-refractivity contribution in [3.05, 3.63) is 71.8 Å². The molecule has 0 aliphatic heterocycles. The third-order valence-corrected chi connectivity index (χ3v) is 5.26. The van der Waals surface area contributed by atoms with Crippen LogP contribution in [0.4, 0.5) is 0 Å². The highest BCUT2D eigenvalue weighted by atomic mass is 16.6. The van der Waals surface area contributed by atoms with Crippen LogP contribution in [0, 0.1) is 5.41 Å². The van der Waals surface area contributed by atoms with Gasteiger partial charge in [0.25, 0.3) is 0 Å². The molecular formula is C27H36O4. The van der Waals surface area contributed by atoms with Crippen molar-refractivity contribution >= 4 is 11.9 Å². The molecule has 2 rings (SSSR count). The number of carbonyl (C=O) groups excluding carboxylic acids is 2. The first-order chi connectivity index (χ1) is 14.7. The summed E-state index contributed by atoms with van der Waals surface area (Å²) in [5.41, 5.74) is 1.57. The van der Waals surface area contributed by atoms with Crippen molar-refractivity contribution in [2.24, 2.45) is 5.41 Å². The normalized spacial score (nSPS) is 11.7. The molecule has 2 aromatic carbocycles. The van der Waals surface area contributed by atoms with Gasteiger partial charge in [-0.2, -0.15) is 0 Å². The summed E-state index contributed by atoms with van der Waals surface area (Å²) in [6, 6.07) is 19.9. The molecule has 4 nitrogen and oxygen atoms in total. The Labute approximate surface area is 187 Å². The second-order valence-electron chi connectivity index (χ2n) is 9.52. The molecule has 0 fully saturated rings. The third kappa shape index (κ3) is 10.3. The number of hydrogen-bond acceptors (Lipinski definition) is 4. The van der Waals surface area contributed by atoms with Crippen LogP contribution < -0.4 is 0 Å². The number of ether oxygens (including phenoxy) is 2. The molecule has 0 amide bonds. The predicted octanol–water partition coefficient (Wildman–Crippen LogP) is 5.92. The van der Waals surface area contributed by atoms with E-state index < -0.39 is 5.60 Å². The molecule has 0 heterocycles. The first kappa shape index (κ1) is 24.6. The Balaban J connectivity index is 1.69. The zero-order valence-corrected chi connectivity index (χ0v) is 19.4. The standard InChI is InChI=1S/C27H36O4/c1-26(2,19-20-30-24(28)17-15-22-11-7-5-8-12-22)21-27(3,4)31-25(29)18-16-23-13-9-6-10-14-23/h5-14H,15-21H2,1-4H3. The molecule has 31 heavy (non-hydrogen) atoms. The van der Waals surface area contributed by atoms with Crippen molar-refractivity contribution in [1.29, 1.82) is 0 Å². The number of esters is 2. The second-order valence-corrected chi connectivity index (χ2v) is 9.52. The third-order valence-electron chi connectivity index (χ3n) is 5.26. The molecule has 0 spiro atoms. The zero-order chi connectivity index (χ0) is 22.7. The fourth-order valence-electron chi connectivity index (χ4n) is 3.93. The Hall–Kier alpha value is -2.62. The molecule has 168 valence electrons. The molecule has 0 bridgehead atoms. The smallest absolute Gasteiger partial charge is 0.306 e. The van der Waals surface area contributed by atoms with E-state index in [1.165, 1.54) is 0 Å². The van der Waals surface area contributed by atoms with Crippen LogP contribution in [0.3, 0.4) is 0 Å². The Bertz CT molecular complexity index is 810. The van der Waals surface area contributed by atoms with Crippen LogP contribution in [0.2, 0.25) is 0 Å². The minimum atomic E-state index is -0.575. The molecule has 0 unspecified atom stereocenters. The topological polar surface area (TPSA) is 52.6 Å². The lowest BCUT2D eigenvalue weighted by atomic mass is 9.79. The van der Waals surface area contributed by atoms with E-state index in [0.29, 0.717) is 38.7 Å². The van der Waals surface area contributed by atoms with Crippen LogP contribution in [-0.2, 0) is 31.9 Å². The van der Waals surface area contributed by atoms with Gasteiger partial charge in [-0.3, -0.25) is 9.59 Å². The molecule has 0 saturated carbocycles. The molecule has 4 heteroatoms. The van der Waals surface area contributed by atoms with Gasteiger partial charge in [0.05, 0.1) is 6.61 Å². The van der Waals surface area contributed by atoms with Gasteiger partial charge in [-0.25, -0.2) is 0 Å². The van der Waals surface area contributed by atoms with E-state index in [-0.39, 0.29) is 17.4 Å². The molecule has 0 N–H and O–H groups in total. The van der Waals surface area contributed by atoms with E-state index >= 15 is 0 Å². The lowest BCUT2D eigenvalue weighted by molar-refractivity contribution is -0.159. The number of rotatable bonds is 12. The molecule has 0 atom stereocenters. The predicted molar refractivity (Wildman–Crippen MR) is 124 cm³/mol. The van der Waals surface area contributed by atoms with Gasteiger partial charge in [0.15, 0.2) is 0 Å². The summed E-state index contributed by atoms with van der Waals surface area (Å²) < 4.78 is 11.2. The number of aryl methyl sites for hydroxylation is 2. The maximum atomic E-state index is 12.3. The molecule has 0 aromatic heterocycles. The highest BCUT2D eigenvalue weighted by Gasteiger charge is 2.32. The summed E-state index contributed by atoms with van der Waals surface area (Å²) in [4.78, 5) is 24.3. The van der Waals surface area contributed by atoms with Crippen molar-refractivity contribution in [2.75, 3.05) is 6.61 Å². The quantitative estimate of drug-likeness (QED) is 0.397. The average molecular weight is 425 g/mol. The summed E-state index contributed by atoms with van der Waals surface area (Å²) in [6.45, 7) is 8.50. The summed E-state index contributed by atoms with van der Waals surface area (Å²) in [5.74, 6) is -0.358. The Kier molecular flexibility index (Phi) is 9.29. The number of carbonyl (C=O) groups is 2. The molecule has 0 saturated heterocycles. The zero-order valence-electron chi connectivity index (χ0n) is 19.4. The van der Waals surface area contributed by atoms with Crippen molar-refractivity contribution in [3.63, 3.8) is 0 Å². The van der Waals surface area contributed by atoms with Crippen molar-refractivity contribution in [3.8, 4) is 0 Å². The maximum Gasteiger partial charge on any atom is 0.306 e.